The summed E-state index contributed by atoms with van der Waals surface area (Å²) >= 11 is 0. The quantitative estimate of drug-likeness (QED) is 0.560. The lowest BCUT2D eigenvalue weighted by atomic mass is 10.0. The van der Waals surface area contributed by atoms with Crippen LogP contribution in [-0.4, -0.2) is 36.9 Å². The van der Waals surface area contributed by atoms with Gasteiger partial charge in [-0.05, 0) is 31.0 Å². The largest absolute Gasteiger partial charge is 0.478 e. The second-order valence-corrected chi connectivity index (χ2v) is 6.29. The van der Waals surface area contributed by atoms with Gasteiger partial charge in [0.25, 0.3) is 5.91 Å². The lowest BCUT2D eigenvalue weighted by Gasteiger charge is -2.36. The molecule has 6 heteroatoms. The third kappa shape index (κ3) is 4.18. The van der Waals surface area contributed by atoms with Crippen molar-refractivity contribution in [2.45, 2.75) is 46.6 Å². The summed E-state index contributed by atoms with van der Waals surface area (Å²) in [6.07, 6.45) is -0.136. The summed E-state index contributed by atoms with van der Waals surface area (Å²) in [5.74, 6) is -0.0257. The van der Waals surface area contributed by atoms with Crippen LogP contribution in [-0.2, 0) is 14.3 Å². The molecule has 0 spiro atoms. The van der Waals surface area contributed by atoms with Crippen molar-refractivity contribution in [2.24, 2.45) is 5.92 Å². The van der Waals surface area contributed by atoms with E-state index in [9.17, 15) is 14.4 Å². The van der Waals surface area contributed by atoms with Gasteiger partial charge in [0.2, 0.25) is 0 Å². The minimum absolute atomic E-state index is 0.00780. The standard InChI is InChI=1S/C19H25NO5/c1-5-15(21)13-7-8-16-14(11-13)20(10-9-17(22)24-6-2)19(23)18(25-16)12(3)4/h7-8,11-12,18H,5-6,9-10H2,1-4H3. The molecule has 0 bridgehead atoms. The fourth-order valence-corrected chi connectivity index (χ4v) is 2.75. The first kappa shape index (κ1) is 19.0. The fraction of sp³-hybridized carbons (Fsp3) is 0.526. The van der Waals surface area contributed by atoms with Crippen LogP contribution in [0.4, 0.5) is 5.69 Å². The Bertz CT molecular complexity index is 668. The van der Waals surface area contributed by atoms with Gasteiger partial charge in [0.1, 0.15) is 5.75 Å². The topological polar surface area (TPSA) is 72.9 Å². The van der Waals surface area contributed by atoms with Crippen LogP contribution in [0.15, 0.2) is 18.2 Å². The minimum Gasteiger partial charge on any atom is -0.478 e. The first-order chi connectivity index (χ1) is 11.9. The molecule has 25 heavy (non-hydrogen) atoms. The van der Waals surface area contributed by atoms with Gasteiger partial charge >= 0.3 is 5.97 Å². The van der Waals surface area contributed by atoms with Crippen molar-refractivity contribution >= 4 is 23.3 Å². The smallest absolute Gasteiger partial charge is 0.307 e. The number of Topliss-reactive ketones (excluding diaryl/α,β-unsaturated/α-hetero) is 1. The number of carbonyl (C=O) groups excluding carboxylic acids is 3. The molecule has 0 N–H and O–H groups in total. The van der Waals surface area contributed by atoms with Gasteiger partial charge in [0.05, 0.1) is 18.7 Å². The molecule has 1 heterocycles. The number of amides is 1. The summed E-state index contributed by atoms with van der Waals surface area (Å²) in [5, 5.41) is 0. The van der Waals surface area contributed by atoms with E-state index >= 15 is 0 Å². The number of nitrogens with zero attached hydrogens (tertiary/aromatic N) is 1. The zero-order chi connectivity index (χ0) is 18.6. The number of hydrogen-bond acceptors (Lipinski definition) is 5. The number of esters is 1. The van der Waals surface area contributed by atoms with E-state index in [1.54, 1.807) is 32.0 Å². The summed E-state index contributed by atoms with van der Waals surface area (Å²) in [7, 11) is 0. The van der Waals surface area contributed by atoms with Gasteiger partial charge in [0.15, 0.2) is 11.9 Å². The zero-order valence-electron chi connectivity index (χ0n) is 15.2. The molecule has 0 fully saturated rings. The number of anilines is 1. The van der Waals surface area contributed by atoms with E-state index in [4.69, 9.17) is 9.47 Å². The van der Waals surface area contributed by atoms with Gasteiger partial charge in [-0.15, -0.1) is 0 Å². The van der Waals surface area contributed by atoms with Crippen molar-refractivity contribution in [3.63, 3.8) is 0 Å². The molecular formula is C19H25NO5. The molecule has 0 saturated carbocycles. The molecule has 6 nitrogen and oxygen atoms in total. The second kappa shape index (κ2) is 8.14. The number of benzene rings is 1. The average Bonchev–Trinajstić information content (AvgIpc) is 2.59. The van der Waals surface area contributed by atoms with Crippen molar-refractivity contribution in [1.82, 2.24) is 0 Å². The van der Waals surface area contributed by atoms with Crippen LogP contribution in [0.2, 0.25) is 0 Å². The maximum atomic E-state index is 12.8. The SMILES string of the molecule is CCOC(=O)CCN1C(=O)C(C(C)C)Oc2ccc(C(=O)CC)cc21. The molecule has 0 aromatic heterocycles. The first-order valence-electron chi connectivity index (χ1n) is 8.69. The lowest BCUT2D eigenvalue weighted by molar-refractivity contribution is -0.142. The van der Waals surface area contributed by atoms with E-state index < -0.39 is 6.10 Å². The number of rotatable bonds is 7. The molecule has 1 aliphatic rings. The summed E-state index contributed by atoms with van der Waals surface area (Å²) in [6, 6.07) is 5.10. The highest BCUT2D eigenvalue weighted by Gasteiger charge is 2.36. The van der Waals surface area contributed by atoms with Crippen LogP contribution < -0.4 is 9.64 Å². The van der Waals surface area contributed by atoms with E-state index in [2.05, 4.69) is 0 Å². The van der Waals surface area contributed by atoms with Crippen LogP contribution >= 0.6 is 0 Å². The Morgan fingerprint density at radius 2 is 2.00 bits per heavy atom. The third-order valence-corrected chi connectivity index (χ3v) is 4.11. The van der Waals surface area contributed by atoms with E-state index in [-0.39, 0.29) is 36.5 Å². The molecule has 0 aliphatic carbocycles. The molecule has 136 valence electrons. The highest BCUT2D eigenvalue weighted by molar-refractivity contribution is 6.03. The number of hydrogen-bond donors (Lipinski definition) is 0. The molecule has 1 aliphatic heterocycles. The van der Waals surface area contributed by atoms with Gasteiger partial charge < -0.3 is 14.4 Å². The maximum Gasteiger partial charge on any atom is 0.307 e. The van der Waals surface area contributed by atoms with E-state index in [1.807, 2.05) is 13.8 Å². The van der Waals surface area contributed by atoms with Gasteiger partial charge in [-0.1, -0.05) is 20.8 Å². The number of carbonyl (C=O) groups is 3. The van der Waals surface area contributed by atoms with Gasteiger partial charge in [-0.2, -0.15) is 0 Å². The lowest BCUT2D eigenvalue weighted by Crippen LogP contribution is -2.49. The highest BCUT2D eigenvalue weighted by atomic mass is 16.5. The predicted molar refractivity (Wildman–Crippen MR) is 93.9 cm³/mol. The molecule has 1 amide bonds. The molecule has 1 atom stereocenters. The van der Waals surface area contributed by atoms with E-state index in [0.717, 1.165) is 0 Å². The zero-order valence-corrected chi connectivity index (χ0v) is 15.2. The van der Waals surface area contributed by atoms with Crippen molar-refractivity contribution in [1.29, 1.82) is 0 Å². The summed E-state index contributed by atoms with van der Waals surface area (Å²) in [5.41, 5.74) is 1.06. The molecule has 1 aromatic rings. The number of fused-ring (bicyclic) bond motifs is 1. The Balaban J connectivity index is 2.35. The molecule has 0 radical (unpaired) electrons. The monoisotopic (exact) mass is 347 g/mol. The van der Waals surface area contributed by atoms with Crippen LogP contribution in [0.1, 0.15) is 50.9 Å². The maximum absolute atomic E-state index is 12.8. The van der Waals surface area contributed by atoms with Crippen molar-refractivity contribution < 1.29 is 23.9 Å². The molecule has 1 aromatic carbocycles. The normalized spacial score (nSPS) is 16.4. The second-order valence-electron chi connectivity index (χ2n) is 6.29. The number of ketones is 1. The van der Waals surface area contributed by atoms with E-state index in [0.29, 0.717) is 30.0 Å². The average molecular weight is 347 g/mol. The first-order valence-corrected chi connectivity index (χ1v) is 8.69. The van der Waals surface area contributed by atoms with Crippen LogP contribution in [0.5, 0.6) is 5.75 Å². The van der Waals surface area contributed by atoms with Crippen molar-refractivity contribution in [2.75, 3.05) is 18.1 Å². The highest BCUT2D eigenvalue weighted by Crippen LogP contribution is 2.36. The third-order valence-electron chi connectivity index (χ3n) is 4.11. The molecule has 1 unspecified atom stereocenters. The Morgan fingerprint density at radius 3 is 2.60 bits per heavy atom. The van der Waals surface area contributed by atoms with Gasteiger partial charge in [-0.25, -0.2) is 0 Å². The van der Waals surface area contributed by atoms with Gasteiger partial charge in [0, 0.05) is 18.5 Å². The Morgan fingerprint density at radius 1 is 1.28 bits per heavy atom. The summed E-state index contributed by atoms with van der Waals surface area (Å²) in [4.78, 5) is 38.0. The van der Waals surface area contributed by atoms with Crippen LogP contribution in [0, 0.1) is 5.92 Å². The summed E-state index contributed by atoms with van der Waals surface area (Å²) < 4.78 is 10.8. The van der Waals surface area contributed by atoms with Crippen LogP contribution in [0.3, 0.4) is 0 Å². The predicted octanol–water partition coefficient (Wildman–Crippen LogP) is 2.98. The van der Waals surface area contributed by atoms with Crippen molar-refractivity contribution in [3.05, 3.63) is 23.8 Å². The fourth-order valence-electron chi connectivity index (χ4n) is 2.75. The number of ether oxygens (including phenoxy) is 2. The Hall–Kier alpha value is -2.37. The van der Waals surface area contributed by atoms with E-state index in [1.165, 1.54) is 4.90 Å². The minimum atomic E-state index is -0.609. The Kier molecular flexibility index (Phi) is 6.17. The Labute approximate surface area is 148 Å². The summed E-state index contributed by atoms with van der Waals surface area (Å²) in [6.45, 7) is 7.84. The van der Waals surface area contributed by atoms with Crippen LogP contribution in [0.25, 0.3) is 0 Å². The van der Waals surface area contributed by atoms with Gasteiger partial charge in [-0.3, -0.25) is 14.4 Å². The molecule has 0 saturated heterocycles. The van der Waals surface area contributed by atoms with Crippen molar-refractivity contribution in [3.8, 4) is 5.75 Å². The molecular weight excluding hydrogens is 322 g/mol. The molecule has 2 rings (SSSR count).